The number of amides is 1. The number of carbonyl (C=O) groups excluding carboxylic acids is 1. The van der Waals surface area contributed by atoms with Gasteiger partial charge in [0.25, 0.3) is 5.91 Å². The number of ether oxygens (including phenoxy) is 1. The van der Waals surface area contributed by atoms with E-state index in [0.717, 1.165) is 17.7 Å². The molecule has 2 heterocycles. The zero-order valence-corrected chi connectivity index (χ0v) is 13.1. The Bertz CT molecular complexity index is 454. The molecule has 0 saturated carbocycles. The van der Waals surface area contributed by atoms with Crippen LogP contribution in [0, 0.1) is 0 Å². The third-order valence-corrected chi connectivity index (χ3v) is 5.12. The Labute approximate surface area is 129 Å². The Morgan fingerprint density at radius 2 is 2.25 bits per heavy atom. The standard InChI is InChI=1S/C14H20N2O2S.ClH/c15-8-11-9-16(5-6-18-11)14(17)13-7-10-3-1-2-4-12(10)19-13;/h7,11H,1-6,8-9,15H2;1H. The molecule has 0 bridgehead atoms. The fourth-order valence-electron chi connectivity index (χ4n) is 2.80. The van der Waals surface area contributed by atoms with Gasteiger partial charge in [-0.15, -0.1) is 23.7 Å². The summed E-state index contributed by atoms with van der Waals surface area (Å²) in [4.78, 5) is 16.7. The van der Waals surface area contributed by atoms with E-state index in [9.17, 15) is 4.79 Å². The van der Waals surface area contributed by atoms with Gasteiger partial charge in [0.1, 0.15) is 0 Å². The molecule has 112 valence electrons. The number of halogens is 1. The van der Waals surface area contributed by atoms with Crippen molar-refractivity contribution in [1.82, 2.24) is 4.90 Å². The van der Waals surface area contributed by atoms with Gasteiger partial charge in [-0.25, -0.2) is 0 Å². The third kappa shape index (κ3) is 3.17. The van der Waals surface area contributed by atoms with E-state index in [-0.39, 0.29) is 24.4 Å². The number of carbonyl (C=O) groups is 1. The van der Waals surface area contributed by atoms with E-state index in [1.54, 1.807) is 11.3 Å². The van der Waals surface area contributed by atoms with Crippen molar-refractivity contribution >= 4 is 29.7 Å². The Kier molecular flexibility index (Phi) is 5.43. The van der Waals surface area contributed by atoms with Gasteiger partial charge >= 0.3 is 0 Å². The number of rotatable bonds is 2. The molecule has 1 saturated heterocycles. The second kappa shape index (κ2) is 6.89. The monoisotopic (exact) mass is 316 g/mol. The highest BCUT2D eigenvalue weighted by molar-refractivity contribution is 7.14. The van der Waals surface area contributed by atoms with Crippen molar-refractivity contribution < 1.29 is 9.53 Å². The summed E-state index contributed by atoms with van der Waals surface area (Å²) in [6, 6.07) is 2.11. The molecule has 1 aliphatic heterocycles. The lowest BCUT2D eigenvalue weighted by Gasteiger charge is -2.32. The first-order chi connectivity index (χ1) is 9.28. The molecular formula is C14H21ClN2O2S. The number of fused-ring (bicyclic) bond motifs is 1. The van der Waals surface area contributed by atoms with Crippen LogP contribution in [-0.2, 0) is 17.6 Å². The van der Waals surface area contributed by atoms with Gasteiger partial charge in [-0.1, -0.05) is 0 Å². The molecule has 20 heavy (non-hydrogen) atoms. The predicted molar refractivity (Wildman–Crippen MR) is 82.9 cm³/mol. The maximum Gasteiger partial charge on any atom is 0.264 e. The molecule has 0 aromatic carbocycles. The summed E-state index contributed by atoms with van der Waals surface area (Å²) in [6.07, 6.45) is 4.78. The number of nitrogens with two attached hydrogens (primary N) is 1. The van der Waals surface area contributed by atoms with Crippen LogP contribution in [0.25, 0.3) is 0 Å². The average Bonchev–Trinajstić information content (AvgIpc) is 2.90. The first-order valence-corrected chi connectivity index (χ1v) is 7.82. The van der Waals surface area contributed by atoms with Crippen LogP contribution < -0.4 is 5.73 Å². The molecule has 1 atom stereocenters. The van der Waals surface area contributed by atoms with E-state index in [1.807, 2.05) is 4.90 Å². The molecular weight excluding hydrogens is 296 g/mol. The molecule has 3 rings (SSSR count). The summed E-state index contributed by atoms with van der Waals surface area (Å²) in [7, 11) is 0. The van der Waals surface area contributed by atoms with Crippen LogP contribution in [-0.4, -0.2) is 43.2 Å². The molecule has 1 fully saturated rings. The number of morpholine rings is 1. The summed E-state index contributed by atoms with van der Waals surface area (Å²) in [5.41, 5.74) is 7.02. The Balaban J connectivity index is 0.00000147. The maximum absolute atomic E-state index is 12.5. The highest BCUT2D eigenvalue weighted by Crippen LogP contribution is 2.30. The SMILES string of the molecule is Cl.NCC1CN(C(=O)c2cc3c(s2)CCCC3)CCO1. The number of hydrogen-bond acceptors (Lipinski definition) is 4. The summed E-state index contributed by atoms with van der Waals surface area (Å²) in [6.45, 7) is 2.37. The molecule has 1 unspecified atom stereocenters. The van der Waals surface area contributed by atoms with Gasteiger partial charge in [0, 0.05) is 24.5 Å². The molecule has 6 heteroatoms. The molecule has 4 nitrogen and oxygen atoms in total. The van der Waals surface area contributed by atoms with Gasteiger partial charge in [-0.05, 0) is 37.3 Å². The van der Waals surface area contributed by atoms with Crippen LogP contribution in [0.5, 0.6) is 0 Å². The van der Waals surface area contributed by atoms with Gasteiger partial charge < -0.3 is 15.4 Å². The van der Waals surface area contributed by atoms with Crippen molar-refractivity contribution in [3.05, 3.63) is 21.4 Å². The minimum absolute atomic E-state index is 0. The lowest BCUT2D eigenvalue weighted by molar-refractivity contribution is -0.0165. The van der Waals surface area contributed by atoms with E-state index in [4.69, 9.17) is 10.5 Å². The van der Waals surface area contributed by atoms with E-state index >= 15 is 0 Å². The smallest absolute Gasteiger partial charge is 0.264 e. The van der Waals surface area contributed by atoms with Crippen LogP contribution in [0.2, 0.25) is 0 Å². The van der Waals surface area contributed by atoms with Gasteiger partial charge in [0.15, 0.2) is 0 Å². The first-order valence-electron chi connectivity index (χ1n) is 7.00. The summed E-state index contributed by atoms with van der Waals surface area (Å²) < 4.78 is 5.51. The van der Waals surface area contributed by atoms with Crippen LogP contribution in [0.3, 0.4) is 0 Å². The number of nitrogens with zero attached hydrogens (tertiary/aromatic N) is 1. The summed E-state index contributed by atoms with van der Waals surface area (Å²) >= 11 is 1.68. The minimum Gasteiger partial charge on any atom is -0.373 e. The lowest BCUT2D eigenvalue weighted by atomic mass is 9.99. The van der Waals surface area contributed by atoms with E-state index < -0.39 is 0 Å². The van der Waals surface area contributed by atoms with Crippen molar-refractivity contribution in [3.8, 4) is 0 Å². The maximum atomic E-state index is 12.5. The van der Waals surface area contributed by atoms with Gasteiger partial charge in [0.05, 0.1) is 17.6 Å². The number of hydrogen-bond donors (Lipinski definition) is 1. The van der Waals surface area contributed by atoms with Gasteiger partial charge in [-0.3, -0.25) is 4.79 Å². The third-order valence-electron chi connectivity index (χ3n) is 3.90. The number of thiophene rings is 1. The molecule has 2 aliphatic rings. The fourth-order valence-corrected chi connectivity index (χ4v) is 4.02. The van der Waals surface area contributed by atoms with Crippen molar-refractivity contribution in [2.24, 2.45) is 5.73 Å². The molecule has 1 aromatic rings. The first kappa shape index (κ1) is 15.8. The van der Waals surface area contributed by atoms with Crippen molar-refractivity contribution in [3.63, 3.8) is 0 Å². The normalized spacial score (nSPS) is 22.1. The van der Waals surface area contributed by atoms with Crippen molar-refractivity contribution in [2.75, 3.05) is 26.2 Å². The zero-order chi connectivity index (χ0) is 13.2. The molecule has 0 radical (unpaired) electrons. The molecule has 1 aromatic heterocycles. The van der Waals surface area contributed by atoms with Crippen LogP contribution in [0.4, 0.5) is 0 Å². The van der Waals surface area contributed by atoms with Crippen LogP contribution >= 0.6 is 23.7 Å². The summed E-state index contributed by atoms with van der Waals surface area (Å²) in [5.74, 6) is 0.154. The fraction of sp³-hybridized carbons (Fsp3) is 0.643. The van der Waals surface area contributed by atoms with Gasteiger partial charge in [0.2, 0.25) is 0 Å². The predicted octanol–water partition coefficient (Wildman–Crippen LogP) is 1.85. The topological polar surface area (TPSA) is 55.6 Å². The van der Waals surface area contributed by atoms with E-state index in [0.29, 0.717) is 26.2 Å². The van der Waals surface area contributed by atoms with E-state index in [2.05, 4.69) is 6.07 Å². The highest BCUT2D eigenvalue weighted by Gasteiger charge is 2.26. The molecule has 1 amide bonds. The van der Waals surface area contributed by atoms with Crippen molar-refractivity contribution in [1.29, 1.82) is 0 Å². The second-order valence-electron chi connectivity index (χ2n) is 5.25. The molecule has 2 N–H and O–H groups in total. The molecule has 1 aliphatic carbocycles. The van der Waals surface area contributed by atoms with Gasteiger partial charge in [-0.2, -0.15) is 0 Å². The second-order valence-corrected chi connectivity index (χ2v) is 6.38. The Morgan fingerprint density at radius 3 is 3.00 bits per heavy atom. The minimum atomic E-state index is -0.00714. The highest BCUT2D eigenvalue weighted by atomic mass is 35.5. The van der Waals surface area contributed by atoms with Crippen LogP contribution in [0.15, 0.2) is 6.07 Å². The Morgan fingerprint density at radius 1 is 1.45 bits per heavy atom. The Hall–Kier alpha value is -0.620. The van der Waals surface area contributed by atoms with E-state index in [1.165, 1.54) is 23.3 Å². The largest absolute Gasteiger partial charge is 0.373 e. The summed E-state index contributed by atoms with van der Waals surface area (Å²) in [5, 5.41) is 0. The zero-order valence-electron chi connectivity index (χ0n) is 11.5. The lowest BCUT2D eigenvalue weighted by Crippen LogP contribution is -2.48. The molecule has 0 spiro atoms. The average molecular weight is 317 g/mol. The van der Waals surface area contributed by atoms with Crippen LogP contribution in [0.1, 0.15) is 33.0 Å². The number of aryl methyl sites for hydroxylation is 2. The quantitative estimate of drug-likeness (QED) is 0.906. The van der Waals surface area contributed by atoms with Crippen molar-refractivity contribution in [2.45, 2.75) is 31.8 Å².